The van der Waals surface area contributed by atoms with Crippen molar-refractivity contribution in [2.45, 2.75) is 59.7 Å². The Morgan fingerprint density at radius 2 is 1.00 bits per heavy atom. The van der Waals surface area contributed by atoms with E-state index in [1.54, 1.807) is 13.8 Å². The third kappa shape index (κ3) is 40.5. The van der Waals surface area contributed by atoms with Crippen LogP contribution in [-0.4, -0.2) is 18.2 Å². The molecule has 0 unspecified atom stereocenters. The van der Waals surface area contributed by atoms with E-state index in [0.29, 0.717) is 0 Å². The molecule has 0 fully saturated rings. The summed E-state index contributed by atoms with van der Waals surface area (Å²) in [6, 6.07) is 1.50. The molecule has 70 valence electrons. The van der Waals surface area contributed by atoms with E-state index in [-0.39, 0.29) is 0 Å². The van der Waals surface area contributed by atoms with E-state index in [9.17, 15) is 5.11 Å². The van der Waals surface area contributed by atoms with Crippen LogP contribution in [0.3, 0.4) is 0 Å². The Bertz CT molecular complexity index is 61.2. The van der Waals surface area contributed by atoms with Crippen molar-refractivity contribution in [3.8, 4) is 0 Å². The first-order chi connectivity index (χ1) is 4.86. The molecule has 2 nitrogen and oxygen atoms in total. The van der Waals surface area contributed by atoms with Gasteiger partial charge in [0, 0.05) is 0 Å². The maximum absolute atomic E-state index is 9.53. The maximum Gasteiger partial charge on any atom is 0.0803 e. The maximum atomic E-state index is 9.53. The molecule has 0 aliphatic rings. The van der Waals surface area contributed by atoms with Gasteiger partial charge in [0.2, 0.25) is 0 Å². The second-order valence-corrected chi connectivity index (χ2v) is 3.73. The van der Waals surface area contributed by atoms with Crippen molar-refractivity contribution in [2.75, 3.05) is 0 Å². The molecule has 0 spiro atoms. The van der Waals surface area contributed by atoms with Crippen molar-refractivity contribution in [1.82, 2.24) is 0 Å². The van der Waals surface area contributed by atoms with Crippen LogP contribution >= 0.6 is 0 Å². The minimum absolute atomic E-state index is 0.417. The van der Waals surface area contributed by atoms with Gasteiger partial charge in [0.15, 0.2) is 0 Å². The summed E-state index contributed by atoms with van der Waals surface area (Å²) in [7, 11) is 0. The Hall–Kier alpha value is -0.0800. The summed E-state index contributed by atoms with van der Waals surface area (Å²) in [4.78, 5) is 0. The van der Waals surface area contributed by atoms with Gasteiger partial charge < -0.3 is 10.4 Å². The minimum atomic E-state index is -0.417. The van der Waals surface area contributed by atoms with Gasteiger partial charge in [-0.2, -0.15) is 0 Å². The predicted molar refractivity (Wildman–Crippen MR) is 47.3 cm³/mol. The molecule has 0 aromatic rings. The fourth-order valence-corrected chi connectivity index (χ4v) is 0.770. The molecular formula is C9H23NO. The van der Waals surface area contributed by atoms with Crippen molar-refractivity contribution in [2.24, 2.45) is 0 Å². The summed E-state index contributed by atoms with van der Waals surface area (Å²) in [5.41, 5.74) is 0. The fourth-order valence-electron chi connectivity index (χ4n) is 0.770. The van der Waals surface area contributed by atoms with Gasteiger partial charge in [-0.3, -0.25) is 0 Å². The van der Waals surface area contributed by atoms with E-state index in [2.05, 4.69) is 33.0 Å². The summed E-state index contributed by atoms with van der Waals surface area (Å²) in [6.07, 6.45) is -0.417. The Labute approximate surface area is 71.0 Å². The Kier molecular flexibility index (Phi) is 9.85. The molecule has 0 amide bonds. The molecule has 0 atom stereocenters. The van der Waals surface area contributed by atoms with Gasteiger partial charge in [0.1, 0.15) is 0 Å². The van der Waals surface area contributed by atoms with E-state index in [0.717, 1.165) is 12.1 Å². The second kappa shape index (κ2) is 8.02. The highest BCUT2D eigenvalue weighted by Gasteiger charge is 1.96. The largest absolute Gasteiger partial charge is 0.852 e. The SMILES string of the molecule is CC(C)[NH2+]C(C)C.CC(C)[O-]. The highest BCUT2D eigenvalue weighted by molar-refractivity contribution is 4.31. The molecule has 2 N–H and O–H groups in total. The zero-order valence-corrected chi connectivity index (χ0v) is 8.72. The van der Waals surface area contributed by atoms with Gasteiger partial charge in [-0.05, 0) is 27.7 Å². The molecular weight excluding hydrogens is 138 g/mol. The Morgan fingerprint density at radius 1 is 0.818 bits per heavy atom. The van der Waals surface area contributed by atoms with E-state index in [1.165, 1.54) is 0 Å². The van der Waals surface area contributed by atoms with E-state index in [1.807, 2.05) is 0 Å². The summed E-state index contributed by atoms with van der Waals surface area (Å²) in [5, 5.41) is 11.9. The minimum Gasteiger partial charge on any atom is -0.852 e. The van der Waals surface area contributed by atoms with E-state index < -0.39 is 6.10 Å². The molecule has 2 heteroatoms. The van der Waals surface area contributed by atoms with Crippen LogP contribution in [-0.2, 0) is 0 Å². The lowest BCUT2D eigenvalue weighted by atomic mass is 10.3. The van der Waals surface area contributed by atoms with Crippen LogP contribution in [0, 0.1) is 0 Å². The zero-order valence-electron chi connectivity index (χ0n) is 8.72. The van der Waals surface area contributed by atoms with Crippen LogP contribution in [0.1, 0.15) is 41.5 Å². The van der Waals surface area contributed by atoms with Crippen molar-refractivity contribution >= 4 is 0 Å². The molecule has 0 aliphatic carbocycles. The molecule has 0 aromatic heterocycles. The first-order valence-corrected chi connectivity index (χ1v) is 4.37. The van der Waals surface area contributed by atoms with Gasteiger partial charge in [-0.1, -0.05) is 13.8 Å². The molecule has 0 saturated carbocycles. The van der Waals surface area contributed by atoms with Gasteiger partial charge in [0.05, 0.1) is 12.1 Å². The normalized spacial score (nSPS) is 10.4. The van der Waals surface area contributed by atoms with Crippen LogP contribution in [0.2, 0.25) is 0 Å². The highest BCUT2D eigenvalue weighted by Crippen LogP contribution is 1.67. The molecule has 0 radical (unpaired) electrons. The fraction of sp³-hybridized carbons (Fsp3) is 1.00. The molecule has 0 heterocycles. The standard InChI is InChI=1S/C6H15N.C3H7O/c1-5(2)7-6(3)4;1-3(2)4/h5-7H,1-4H3;3H,1-2H3/q;-1/p+1. The van der Waals surface area contributed by atoms with Crippen LogP contribution < -0.4 is 10.4 Å². The smallest absolute Gasteiger partial charge is 0.0803 e. The average molecular weight is 161 g/mol. The quantitative estimate of drug-likeness (QED) is 0.614. The highest BCUT2D eigenvalue weighted by atomic mass is 16.3. The molecule has 11 heavy (non-hydrogen) atoms. The van der Waals surface area contributed by atoms with E-state index in [4.69, 9.17) is 0 Å². The first kappa shape index (κ1) is 13.5. The third-order valence-electron chi connectivity index (χ3n) is 0.770. The summed E-state index contributed by atoms with van der Waals surface area (Å²) >= 11 is 0. The first-order valence-electron chi connectivity index (χ1n) is 4.37. The van der Waals surface area contributed by atoms with Gasteiger partial charge in [-0.25, -0.2) is 0 Å². The lowest BCUT2D eigenvalue weighted by molar-refractivity contribution is -0.709. The number of hydrogen-bond donors (Lipinski definition) is 1. The van der Waals surface area contributed by atoms with Gasteiger partial charge >= 0.3 is 0 Å². The zero-order chi connectivity index (χ0) is 9.44. The van der Waals surface area contributed by atoms with Crippen molar-refractivity contribution < 1.29 is 10.4 Å². The second-order valence-electron chi connectivity index (χ2n) is 3.73. The third-order valence-corrected chi connectivity index (χ3v) is 0.770. The van der Waals surface area contributed by atoms with E-state index >= 15 is 0 Å². The molecule has 0 aromatic carbocycles. The molecule has 0 aliphatic heterocycles. The van der Waals surface area contributed by atoms with Gasteiger partial charge in [0.25, 0.3) is 0 Å². The Balaban J connectivity index is 0. The lowest BCUT2D eigenvalue weighted by Gasteiger charge is -2.06. The van der Waals surface area contributed by atoms with Crippen molar-refractivity contribution in [3.63, 3.8) is 0 Å². The summed E-state index contributed by atoms with van der Waals surface area (Å²) in [5.74, 6) is 0. The summed E-state index contributed by atoms with van der Waals surface area (Å²) < 4.78 is 0. The summed E-state index contributed by atoms with van der Waals surface area (Å²) in [6.45, 7) is 12.1. The number of quaternary nitrogens is 1. The predicted octanol–water partition coefficient (Wildman–Crippen LogP) is 0.122. The van der Waals surface area contributed by atoms with Gasteiger partial charge in [-0.15, -0.1) is 6.10 Å². The van der Waals surface area contributed by atoms with Crippen molar-refractivity contribution in [3.05, 3.63) is 0 Å². The number of nitrogens with two attached hydrogens (primary N) is 1. The molecule has 0 bridgehead atoms. The lowest BCUT2D eigenvalue weighted by Crippen LogP contribution is -2.92. The Morgan fingerprint density at radius 3 is 1.00 bits per heavy atom. The van der Waals surface area contributed by atoms with Crippen LogP contribution in [0.25, 0.3) is 0 Å². The molecule has 0 rings (SSSR count). The monoisotopic (exact) mass is 161 g/mol. The van der Waals surface area contributed by atoms with Crippen molar-refractivity contribution in [1.29, 1.82) is 0 Å². The average Bonchev–Trinajstić information content (AvgIpc) is 1.56. The van der Waals surface area contributed by atoms with Crippen LogP contribution in [0.15, 0.2) is 0 Å². The van der Waals surface area contributed by atoms with Crippen LogP contribution in [0.5, 0.6) is 0 Å². The number of rotatable bonds is 2. The topological polar surface area (TPSA) is 39.7 Å². The molecule has 0 saturated heterocycles. The number of hydrogen-bond acceptors (Lipinski definition) is 1. The van der Waals surface area contributed by atoms with Crippen LogP contribution in [0.4, 0.5) is 0 Å².